The lowest BCUT2D eigenvalue weighted by Crippen LogP contribution is -2.49. The second kappa shape index (κ2) is 7.46. The number of rotatable bonds is 4. The number of anilines is 2. The number of hydrogen-bond donors (Lipinski definition) is 2. The van der Waals surface area contributed by atoms with Crippen molar-refractivity contribution in [2.45, 2.75) is 39.7 Å². The van der Waals surface area contributed by atoms with E-state index in [-0.39, 0.29) is 24.8 Å². The van der Waals surface area contributed by atoms with Crippen LogP contribution in [-0.2, 0) is 14.3 Å². The number of pyridine rings is 1. The Kier molecular flexibility index (Phi) is 5.22. The number of esters is 1. The lowest BCUT2D eigenvalue weighted by Gasteiger charge is -2.27. The molecule has 1 aliphatic rings. The highest BCUT2D eigenvalue weighted by molar-refractivity contribution is 6.07. The number of para-hydroxylation sites is 1. The van der Waals surface area contributed by atoms with Gasteiger partial charge in [0, 0.05) is 18.4 Å². The zero-order valence-electron chi connectivity index (χ0n) is 16.5. The molecule has 1 fully saturated rings. The van der Waals surface area contributed by atoms with Crippen molar-refractivity contribution in [1.82, 2.24) is 10.3 Å². The van der Waals surface area contributed by atoms with E-state index in [1.165, 1.54) is 4.90 Å². The van der Waals surface area contributed by atoms with Crippen LogP contribution in [0.4, 0.5) is 16.2 Å². The van der Waals surface area contributed by atoms with Crippen LogP contribution in [-0.4, -0.2) is 41.6 Å². The average Bonchev–Trinajstić information content (AvgIpc) is 2.58. The largest absolute Gasteiger partial charge is 0.459 e. The number of hydrogen-bond acceptors (Lipinski definition) is 6. The van der Waals surface area contributed by atoms with Crippen LogP contribution in [0.3, 0.4) is 0 Å². The molecule has 1 aromatic heterocycles. The van der Waals surface area contributed by atoms with Crippen LogP contribution in [0.2, 0.25) is 0 Å². The maximum absolute atomic E-state index is 12.2. The molecule has 3 amide bonds. The molecule has 0 saturated carbocycles. The highest BCUT2D eigenvalue weighted by atomic mass is 16.6. The molecule has 8 heteroatoms. The first-order chi connectivity index (χ1) is 13.1. The van der Waals surface area contributed by atoms with Crippen LogP contribution in [0, 0.1) is 6.92 Å². The number of aromatic nitrogens is 1. The Labute approximate surface area is 163 Å². The lowest BCUT2D eigenvalue weighted by molar-refractivity contribution is -0.152. The van der Waals surface area contributed by atoms with Crippen molar-refractivity contribution >= 4 is 40.2 Å². The van der Waals surface area contributed by atoms with E-state index in [0.29, 0.717) is 29.1 Å². The van der Waals surface area contributed by atoms with Crippen molar-refractivity contribution in [1.29, 1.82) is 0 Å². The van der Waals surface area contributed by atoms with Gasteiger partial charge in [-0.25, -0.2) is 9.78 Å². The topological polar surface area (TPSA) is 101 Å². The normalized spacial score (nSPS) is 14.8. The highest BCUT2D eigenvalue weighted by Crippen LogP contribution is 2.29. The van der Waals surface area contributed by atoms with E-state index in [1.54, 1.807) is 0 Å². The fraction of sp³-hybridized carbons (Fsp3) is 0.400. The number of aryl methyl sites for hydroxylation is 1. The zero-order chi connectivity index (χ0) is 20.5. The van der Waals surface area contributed by atoms with E-state index >= 15 is 0 Å². The highest BCUT2D eigenvalue weighted by Gasteiger charge is 2.26. The van der Waals surface area contributed by atoms with Crippen molar-refractivity contribution in [3.63, 3.8) is 0 Å². The van der Waals surface area contributed by atoms with E-state index in [1.807, 2.05) is 52.0 Å². The molecular weight excluding hydrogens is 360 g/mol. The number of benzene rings is 1. The number of urea groups is 1. The smallest absolute Gasteiger partial charge is 0.328 e. The third-order valence-corrected chi connectivity index (χ3v) is 4.20. The molecule has 2 heterocycles. The van der Waals surface area contributed by atoms with Gasteiger partial charge in [-0.1, -0.05) is 12.1 Å². The SMILES string of the molecule is Cc1nc2c(NCC(=O)OC(C)(C)C)cccc2cc1N1CCC(=O)NC1=O. The second-order valence-corrected chi connectivity index (χ2v) is 7.67. The van der Waals surface area contributed by atoms with E-state index in [0.717, 1.165) is 5.39 Å². The minimum atomic E-state index is -0.544. The third-order valence-electron chi connectivity index (χ3n) is 4.20. The molecular formula is C20H24N4O4. The zero-order valence-corrected chi connectivity index (χ0v) is 16.5. The summed E-state index contributed by atoms with van der Waals surface area (Å²) in [5, 5.41) is 6.22. The van der Waals surface area contributed by atoms with Crippen molar-refractivity contribution in [3.8, 4) is 0 Å². The quantitative estimate of drug-likeness (QED) is 0.786. The molecule has 1 aliphatic heterocycles. The molecule has 28 heavy (non-hydrogen) atoms. The first-order valence-corrected chi connectivity index (χ1v) is 9.11. The standard InChI is InChI=1S/C20H24N4O4/c1-12-15(24-9-8-16(25)23-19(24)27)10-13-6-5-7-14(18(13)22-12)21-11-17(26)28-20(2,3)4/h5-7,10,21H,8-9,11H2,1-4H3,(H,23,25,27). The second-order valence-electron chi connectivity index (χ2n) is 7.67. The minimum Gasteiger partial charge on any atom is -0.459 e. The minimum absolute atomic E-state index is 0.0233. The van der Waals surface area contributed by atoms with Gasteiger partial charge in [0.05, 0.1) is 22.6 Å². The molecule has 1 aromatic carbocycles. The first kappa shape index (κ1) is 19.6. The number of carbonyl (C=O) groups excluding carboxylic acids is 3. The molecule has 0 spiro atoms. The molecule has 148 valence electrons. The Morgan fingerprint density at radius 1 is 1.32 bits per heavy atom. The maximum Gasteiger partial charge on any atom is 0.328 e. The van der Waals surface area contributed by atoms with Gasteiger partial charge in [-0.15, -0.1) is 0 Å². The number of nitrogens with zero attached hydrogens (tertiary/aromatic N) is 2. The van der Waals surface area contributed by atoms with Crippen LogP contribution in [0.15, 0.2) is 24.3 Å². The monoisotopic (exact) mass is 384 g/mol. The fourth-order valence-electron chi connectivity index (χ4n) is 3.03. The van der Waals surface area contributed by atoms with Gasteiger partial charge < -0.3 is 10.1 Å². The summed E-state index contributed by atoms with van der Waals surface area (Å²) < 4.78 is 5.31. The van der Waals surface area contributed by atoms with Gasteiger partial charge in [0.25, 0.3) is 0 Å². The summed E-state index contributed by atoms with van der Waals surface area (Å²) in [5.41, 5.74) is 2.17. The van der Waals surface area contributed by atoms with Crippen molar-refractivity contribution in [2.24, 2.45) is 0 Å². The predicted molar refractivity (Wildman–Crippen MR) is 106 cm³/mol. The molecule has 0 atom stereocenters. The Balaban J connectivity index is 1.85. The summed E-state index contributed by atoms with van der Waals surface area (Å²) >= 11 is 0. The number of fused-ring (bicyclic) bond motifs is 1. The van der Waals surface area contributed by atoms with Crippen LogP contribution in [0.1, 0.15) is 32.9 Å². The molecule has 0 bridgehead atoms. The Morgan fingerprint density at radius 3 is 2.75 bits per heavy atom. The predicted octanol–water partition coefficient (Wildman–Crippen LogP) is 2.74. The van der Waals surface area contributed by atoms with E-state index in [4.69, 9.17) is 4.74 Å². The summed E-state index contributed by atoms with van der Waals surface area (Å²) in [6, 6.07) is 6.99. The van der Waals surface area contributed by atoms with Crippen LogP contribution in [0.25, 0.3) is 10.9 Å². The van der Waals surface area contributed by atoms with Gasteiger partial charge in [0.15, 0.2) is 0 Å². The Morgan fingerprint density at radius 2 is 2.07 bits per heavy atom. The number of imide groups is 1. The van der Waals surface area contributed by atoms with Gasteiger partial charge >= 0.3 is 12.0 Å². The molecule has 2 N–H and O–H groups in total. The molecule has 3 rings (SSSR count). The van der Waals surface area contributed by atoms with E-state index in [2.05, 4.69) is 15.6 Å². The third kappa shape index (κ3) is 4.39. The van der Waals surface area contributed by atoms with Crippen LogP contribution < -0.4 is 15.5 Å². The van der Waals surface area contributed by atoms with Gasteiger partial charge in [-0.05, 0) is 39.8 Å². The van der Waals surface area contributed by atoms with Gasteiger partial charge in [-0.3, -0.25) is 19.8 Å². The molecule has 0 radical (unpaired) electrons. The number of amides is 3. The molecule has 0 unspecified atom stereocenters. The molecule has 1 saturated heterocycles. The lowest BCUT2D eigenvalue weighted by atomic mass is 10.1. The van der Waals surface area contributed by atoms with Gasteiger partial charge in [0.2, 0.25) is 5.91 Å². The summed E-state index contributed by atoms with van der Waals surface area (Å²) in [6.45, 7) is 7.60. The van der Waals surface area contributed by atoms with Crippen molar-refractivity contribution in [3.05, 3.63) is 30.0 Å². The van der Waals surface area contributed by atoms with E-state index in [9.17, 15) is 14.4 Å². The van der Waals surface area contributed by atoms with Gasteiger partial charge in [-0.2, -0.15) is 0 Å². The summed E-state index contributed by atoms with van der Waals surface area (Å²) in [5.74, 6) is -0.631. The fourth-order valence-corrected chi connectivity index (χ4v) is 3.03. The molecule has 2 aromatic rings. The van der Waals surface area contributed by atoms with E-state index < -0.39 is 11.6 Å². The Hall–Kier alpha value is -3.16. The maximum atomic E-state index is 12.2. The summed E-state index contributed by atoms with van der Waals surface area (Å²) in [6.07, 6.45) is 0.251. The number of carbonyl (C=O) groups is 3. The Bertz CT molecular complexity index is 949. The number of nitrogens with one attached hydrogen (secondary N) is 2. The van der Waals surface area contributed by atoms with Gasteiger partial charge in [0.1, 0.15) is 12.1 Å². The van der Waals surface area contributed by atoms with Crippen LogP contribution in [0.5, 0.6) is 0 Å². The molecule has 0 aliphatic carbocycles. The summed E-state index contributed by atoms with van der Waals surface area (Å²) in [7, 11) is 0. The first-order valence-electron chi connectivity index (χ1n) is 9.11. The molecule has 8 nitrogen and oxygen atoms in total. The van der Waals surface area contributed by atoms with Crippen molar-refractivity contribution < 1.29 is 19.1 Å². The average molecular weight is 384 g/mol. The summed E-state index contributed by atoms with van der Waals surface area (Å²) in [4.78, 5) is 41.7. The number of ether oxygens (including phenoxy) is 1. The van der Waals surface area contributed by atoms with Crippen LogP contribution >= 0.6 is 0 Å². The van der Waals surface area contributed by atoms with Crippen molar-refractivity contribution in [2.75, 3.05) is 23.3 Å².